The molecule has 1 rings (SSSR count). The molecule has 1 aliphatic carbocycles. The van der Waals surface area contributed by atoms with E-state index in [4.69, 9.17) is 0 Å². The molecule has 0 bridgehead atoms. The van der Waals surface area contributed by atoms with E-state index in [0.717, 1.165) is 0 Å². The van der Waals surface area contributed by atoms with Crippen LogP contribution in [0.25, 0.3) is 0 Å². The highest BCUT2D eigenvalue weighted by atomic mass is 14.0. The normalized spacial score (nSPS) is 21.5. The Morgan fingerprint density at radius 3 is 1.54 bits per heavy atom. The van der Waals surface area contributed by atoms with E-state index >= 15 is 0 Å². The Bertz CT molecular complexity index is 135. The van der Waals surface area contributed by atoms with E-state index < -0.39 is 0 Å². The van der Waals surface area contributed by atoms with Gasteiger partial charge in [-0.15, -0.1) is 0 Å². The zero-order valence-corrected chi connectivity index (χ0v) is 8.54. The molecule has 0 aromatic carbocycles. The molecule has 1 aliphatic rings. The molecule has 0 aliphatic heterocycles. The van der Waals surface area contributed by atoms with Gasteiger partial charge in [-0.25, -0.2) is 0 Å². The summed E-state index contributed by atoms with van der Waals surface area (Å²) in [5.41, 5.74) is 0. The smallest absolute Gasteiger partial charge is 0.00441 e. The van der Waals surface area contributed by atoms with Gasteiger partial charge in [0.2, 0.25) is 0 Å². The lowest BCUT2D eigenvalue weighted by molar-refractivity contribution is 0.600. The van der Waals surface area contributed by atoms with E-state index in [2.05, 4.69) is 30.7 Å². The van der Waals surface area contributed by atoms with Crippen molar-refractivity contribution < 1.29 is 0 Å². The monoisotopic (exact) mass is 177 g/mol. The summed E-state index contributed by atoms with van der Waals surface area (Å²) in [6, 6.07) is 0. The van der Waals surface area contributed by atoms with Crippen LogP contribution in [0.4, 0.5) is 0 Å². The van der Waals surface area contributed by atoms with E-state index in [-0.39, 0.29) is 0 Å². The van der Waals surface area contributed by atoms with Crippen LogP contribution in [0.15, 0.2) is 24.3 Å². The first kappa shape index (κ1) is 10.6. The van der Waals surface area contributed by atoms with Crippen molar-refractivity contribution in [3.63, 3.8) is 0 Å². The van der Waals surface area contributed by atoms with E-state index in [1.54, 1.807) is 0 Å². The molecule has 0 unspecified atom stereocenters. The molecular formula is C13H21. The maximum Gasteiger partial charge on any atom is 0.00441 e. The summed E-state index contributed by atoms with van der Waals surface area (Å²) < 4.78 is 0. The van der Waals surface area contributed by atoms with Crippen molar-refractivity contribution in [2.24, 2.45) is 0 Å². The van der Waals surface area contributed by atoms with Gasteiger partial charge >= 0.3 is 0 Å². The fourth-order valence-corrected chi connectivity index (χ4v) is 1.65. The van der Waals surface area contributed by atoms with Crippen molar-refractivity contribution in [2.45, 2.75) is 51.4 Å². The zero-order valence-electron chi connectivity index (χ0n) is 8.54. The van der Waals surface area contributed by atoms with Crippen LogP contribution in [0, 0.1) is 6.42 Å². The third-order valence-electron chi connectivity index (χ3n) is 2.49. The van der Waals surface area contributed by atoms with Gasteiger partial charge in [-0.05, 0) is 25.7 Å². The Labute approximate surface area is 82.7 Å². The van der Waals surface area contributed by atoms with Gasteiger partial charge in [0.15, 0.2) is 0 Å². The third kappa shape index (κ3) is 6.62. The van der Waals surface area contributed by atoms with Crippen LogP contribution in [0.1, 0.15) is 51.4 Å². The molecular weight excluding hydrogens is 156 g/mol. The minimum atomic E-state index is 1.25. The van der Waals surface area contributed by atoms with Crippen LogP contribution >= 0.6 is 0 Å². The second-order valence-corrected chi connectivity index (χ2v) is 3.75. The maximum absolute atomic E-state index is 2.28. The van der Waals surface area contributed by atoms with Gasteiger partial charge in [-0.1, -0.05) is 50.0 Å². The first-order chi connectivity index (χ1) is 6.50. The van der Waals surface area contributed by atoms with Crippen molar-refractivity contribution in [1.82, 2.24) is 0 Å². The molecule has 0 aromatic rings. The predicted octanol–water partition coefficient (Wildman–Crippen LogP) is 4.44. The minimum absolute atomic E-state index is 1.25. The molecule has 0 atom stereocenters. The first-order valence-corrected chi connectivity index (χ1v) is 5.65. The molecule has 73 valence electrons. The standard InChI is InChI=1S/C13H21/c1-2-4-6-8-10-12-13-11-9-7-5-3-1/h1-5H,6-13H2. The second kappa shape index (κ2) is 8.10. The van der Waals surface area contributed by atoms with Gasteiger partial charge in [0.25, 0.3) is 0 Å². The van der Waals surface area contributed by atoms with Crippen LogP contribution in [-0.2, 0) is 0 Å². The highest BCUT2D eigenvalue weighted by Gasteiger charge is 1.90. The Kier molecular flexibility index (Phi) is 6.58. The molecule has 0 N–H and O–H groups in total. The molecule has 0 saturated heterocycles. The van der Waals surface area contributed by atoms with Gasteiger partial charge in [0.1, 0.15) is 0 Å². The summed E-state index contributed by atoms with van der Waals surface area (Å²) in [6.45, 7) is 0. The van der Waals surface area contributed by atoms with E-state index in [0.29, 0.717) is 0 Å². The quantitative estimate of drug-likeness (QED) is 0.513. The van der Waals surface area contributed by atoms with Crippen LogP contribution < -0.4 is 0 Å². The Morgan fingerprint density at radius 1 is 0.538 bits per heavy atom. The average Bonchev–Trinajstić information content (AvgIpc) is 2.18. The van der Waals surface area contributed by atoms with E-state index in [9.17, 15) is 0 Å². The molecule has 0 spiro atoms. The van der Waals surface area contributed by atoms with Gasteiger partial charge in [0.05, 0.1) is 0 Å². The van der Waals surface area contributed by atoms with Crippen molar-refractivity contribution in [2.75, 3.05) is 0 Å². The highest BCUT2D eigenvalue weighted by Crippen LogP contribution is 2.10. The van der Waals surface area contributed by atoms with Crippen LogP contribution in [0.5, 0.6) is 0 Å². The van der Waals surface area contributed by atoms with E-state index in [1.165, 1.54) is 51.4 Å². The largest absolute Gasteiger partial charge is 0.0879 e. The summed E-state index contributed by atoms with van der Waals surface area (Å²) in [5.74, 6) is 0. The second-order valence-electron chi connectivity index (χ2n) is 3.75. The van der Waals surface area contributed by atoms with Gasteiger partial charge in [0, 0.05) is 6.42 Å². The van der Waals surface area contributed by atoms with Crippen molar-refractivity contribution in [3.05, 3.63) is 30.7 Å². The molecule has 0 amide bonds. The maximum atomic E-state index is 2.28. The molecule has 0 heteroatoms. The summed E-state index contributed by atoms with van der Waals surface area (Å²) in [4.78, 5) is 0. The lowest BCUT2D eigenvalue weighted by atomic mass is 10.1. The molecule has 0 saturated carbocycles. The molecule has 0 nitrogen and oxygen atoms in total. The highest BCUT2D eigenvalue weighted by molar-refractivity contribution is 5.08. The summed E-state index contributed by atoms with van der Waals surface area (Å²) >= 11 is 0. The number of hydrogen-bond acceptors (Lipinski definition) is 0. The lowest BCUT2D eigenvalue weighted by Crippen LogP contribution is -1.78. The fourth-order valence-electron chi connectivity index (χ4n) is 1.65. The van der Waals surface area contributed by atoms with Crippen molar-refractivity contribution in [3.8, 4) is 0 Å². The van der Waals surface area contributed by atoms with Crippen LogP contribution in [0.3, 0.4) is 0 Å². The molecule has 0 aromatic heterocycles. The van der Waals surface area contributed by atoms with Crippen LogP contribution in [-0.4, -0.2) is 0 Å². The topological polar surface area (TPSA) is 0 Å². The average molecular weight is 177 g/mol. The van der Waals surface area contributed by atoms with Gasteiger partial charge < -0.3 is 0 Å². The Morgan fingerprint density at radius 2 is 1.00 bits per heavy atom. The summed E-state index contributed by atoms with van der Waals surface area (Å²) in [7, 11) is 0. The summed E-state index contributed by atoms with van der Waals surface area (Å²) in [5, 5.41) is 0. The number of hydrogen-bond donors (Lipinski definition) is 0. The Balaban J connectivity index is 2.18. The van der Waals surface area contributed by atoms with E-state index in [1.807, 2.05) is 0 Å². The third-order valence-corrected chi connectivity index (χ3v) is 2.49. The minimum Gasteiger partial charge on any atom is -0.0879 e. The predicted molar refractivity (Wildman–Crippen MR) is 59.5 cm³/mol. The van der Waals surface area contributed by atoms with Crippen molar-refractivity contribution in [1.29, 1.82) is 0 Å². The van der Waals surface area contributed by atoms with Crippen LogP contribution in [0.2, 0.25) is 0 Å². The van der Waals surface area contributed by atoms with Crippen molar-refractivity contribution >= 4 is 0 Å². The Hall–Kier alpha value is -0.520. The first-order valence-electron chi connectivity index (χ1n) is 5.65. The number of allylic oxidation sites excluding steroid dienone is 4. The van der Waals surface area contributed by atoms with Gasteiger partial charge in [-0.3, -0.25) is 0 Å². The number of rotatable bonds is 0. The SMILES string of the molecule is [CH]1C=CCCCCCCCCC=C1. The summed E-state index contributed by atoms with van der Waals surface area (Å²) in [6.07, 6.45) is 22.0. The molecule has 13 heavy (non-hydrogen) atoms. The van der Waals surface area contributed by atoms with Gasteiger partial charge in [-0.2, -0.15) is 0 Å². The molecule has 0 heterocycles. The zero-order chi connectivity index (χ0) is 9.19. The molecule has 1 radical (unpaired) electrons. The molecule has 0 fully saturated rings. The fraction of sp³-hybridized carbons (Fsp3) is 0.615. The lowest BCUT2D eigenvalue weighted by Gasteiger charge is -1.98.